The number of fused-ring (bicyclic) bond motifs is 1. The minimum Gasteiger partial charge on any atom is -0.349 e. The lowest BCUT2D eigenvalue weighted by molar-refractivity contribution is 0.568. The quantitative estimate of drug-likeness (QED) is 0.746. The molecule has 7 heteroatoms. The molecule has 0 saturated heterocycles. The van der Waals surface area contributed by atoms with Crippen molar-refractivity contribution in [3.63, 3.8) is 0 Å². The fourth-order valence-electron chi connectivity index (χ4n) is 2.37. The summed E-state index contributed by atoms with van der Waals surface area (Å²) in [5.41, 5.74) is 1.14. The number of halogens is 2. The smallest absolute Gasteiger partial charge is 0.266 e. The van der Waals surface area contributed by atoms with Gasteiger partial charge < -0.3 is 4.57 Å². The van der Waals surface area contributed by atoms with Crippen molar-refractivity contribution in [2.45, 2.75) is 4.90 Å². The summed E-state index contributed by atoms with van der Waals surface area (Å²) >= 11 is 3.09. The van der Waals surface area contributed by atoms with Gasteiger partial charge in [0.1, 0.15) is 10.7 Å². The number of aryl methyl sites for hydroxylation is 1. The van der Waals surface area contributed by atoms with Gasteiger partial charge in [0.2, 0.25) is 0 Å². The molecule has 0 radical (unpaired) electrons. The zero-order valence-corrected chi connectivity index (χ0v) is 13.9. The maximum atomic E-state index is 13.9. The zero-order valence-electron chi connectivity index (χ0n) is 11.5. The van der Waals surface area contributed by atoms with E-state index in [4.69, 9.17) is 0 Å². The molecular weight excluding hydrogens is 371 g/mol. The third kappa shape index (κ3) is 2.50. The molecule has 0 spiro atoms. The highest BCUT2D eigenvalue weighted by molar-refractivity contribution is 9.10. The SMILES string of the molecule is Cn1ccc2cccc(NS(=O)(=O)c3c(F)cccc3Br)c21. The second kappa shape index (κ2) is 5.40. The number of sulfonamides is 1. The number of benzene rings is 2. The summed E-state index contributed by atoms with van der Waals surface area (Å²) in [6, 6.07) is 11.2. The first-order valence-corrected chi connectivity index (χ1v) is 8.68. The van der Waals surface area contributed by atoms with E-state index in [2.05, 4.69) is 20.7 Å². The number of aromatic nitrogens is 1. The molecule has 3 aromatic rings. The molecule has 0 aliphatic heterocycles. The van der Waals surface area contributed by atoms with Crippen LogP contribution in [0.15, 0.2) is 58.0 Å². The van der Waals surface area contributed by atoms with Gasteiger partial charge in [-0.25, -0.2) is 12.8 Å². The Morgan fingerprint density at radius 2 is 1.86 bits per heavy atom. The van der Waals surface area contributed by atoms with Gasteiger partial charge in [0, 0.05) is 23.1 Å². The summed E-state index contributed by atoms with van der Waals surface area (Å²) in [4.78, 5) is -0.402. The van der Waals surface area contributed by atoms with Crippen molar-refractivity contribution >= 4 is 42.5 Å². The first-order chi connectivity index (χ1) is 10.4. The zero-order chi connectivity index (χ0) is 15.9. The van der Waals surface area contributed by atoms with Gasteiger partial charge in [0.05, 0.1) is 11.2 Å². The van der Waals surface area contributed by atoms with Gasteiger partial charge in [0.25, 0.3) is 10.0 Å². The van der Waals surface area contributed by atoms with Crippen LogP contribution in [0.1, 0.15) is 0 Å². The van der Waals surface area contributed by atoms with E-state index in [0.717, 1.165) is 17.0 Å². The highest BCUT2D eigenvalue weighted by Gasteiger charge is 2.23. The first kappa shape index (κ1) is 15.1. The van der Waals surface area contributed by atoms with E-state index in [1.165, 1.54) is 12.1 Å². The molecule has 1 heterocycles. The summed E-state index contributed by atoms with van der Waals surface area (Å²) in [7, 11) is -2.23. The van der Waals surface area contributed by atoms with E-state index in [-0.39, 0.29) is 4.47 Å². The third-order valence-electron chi connectivity index (χ3n) is 3.33. The highest BCUT2D eigenvalue weighted by atomic mass is 79.9. The summed E-state index contributed by atoms with van der Waals surface area (Å²) in [6.07, 6.45) is 1.83. The van der Waals surface area contributed by atoms with Gasteiger partial charge >= 0.3 is 0 Å². The number of hydrogen-bond donors (Lipinski definition) is 1. The van der Waals surface area contributed by atoms with Gasteiger partial charge in [-0.1, -0.05) is 18.2 Å². The molecule has 0 fully saturated rings. The fraction of sp³-hybridized carbons (Fsp3) is 0.0667. The summed E-state index contributed by atoms with van der Waals surface area (Å²) in [5, 5.41) is 0.898. The average Bonchev–Trinajstić information content (AvgIpc) is 2.81. The Hall–Kier alpha value is -1.86. The molecule has 0 atom stereocenters. The molecular formula is C15H12BrFN2O2S. The van der Waals surface area contributed by atoms with Gasteiger partial charge in [-0.05, 0) is 40.2 Å². The van der Waals surface area contributed by atoms with Gasteiger partial charge in [0.15, 0.2) is 0 Å². The van der Waals surface area contributed by atoms with E-state index in [1.807, 2.05) is 29.9 Å². The normalized spacial score (nSPS) is 11.8. The largest absolute Gasteiger partial charge is 0.349 e. The lowest BCUT2D eigenvalue weighted by Gasteiger charge is -2.12. The lowest BCUT2D eigenvalue weighted by atomic mass is 10.2. The van der Waals surface area contributed by atoms with Crippen molar-refractivity contribution < 1.29 is 12.8 Å². The summed E-state index contributed by atoms with van der Waals surface area (Å²) in [5.74, 6) is -0.805. The molecule has 22 heavy (non-hydrogen) atoms. The maximum absolute atomic E-state index is 13.9. The lowest BCUT2D eigenvalue weighted by Crippen LogP contribution is -2.16. The van der Waals surface area contributed by atoms with Gasteiger partial charge in [-0.2, -0.15) is 0 Å². The van der Waals surface area contributed by atoms with Crippen LogP contribution in [0.25, 0.3) is 10.9 Å². The van der Waals surface area contributed by atoms with E-state index in [0.29, 0.717) is 5.69 Å². The maximum Gasteiger partial charge on any atom is 0.266 e. The second-order valence-electron chi connectivity index (χ2n) is 4.83. The molecule has 2 aromatic carbocycles. The predicted octanol–water partition coefficient (Wildman–Crippen LogP) is 3.88. The second-order valence-corrected chi connectivity index (χ2v) is 7.30. The van der Waals surface area contributed by atoms with Crippen LogP contribution in [0.2, 0.25) is 0 Å². The minimum absolute atomic E-state index is 0.180. The molecule has 0 aliphatic carbocycles. The number of para-hydroxylation sites is 1. The Kier molecular flexibility index (Phi) is 3.70. The molecule has 1 N–H and O–H groups in total. The molecule has 0 bridgehead atoms. The minimum atomic E-state index is -4.05. The topological polar surface area (TPSA) is 51.1 Å². The van der Waals surface area contributed by atoms with E-state index >= 15 is 0 Å². The van der Waals surface area contributed by atoms with Crippen LogP contribution in [0.5, 0.6) is 0 Å². The Bertz CT molecular complexity index is 947. The summed E-state index contributed by atoms with van der Waals surface area (Å²) in [6.45, 7) is 0. The Balaban J connectivity index is 2.13. The van der Waals surface area contributed by atoms with Crippen LogP contribution < -0.4 is 4.72 Å². The molecule has 0 unspecified atom stereocenters. The van der Waals surface area contributed by atoms with Crippen molar-refractivity contribution in [2.24, 2.45) is 7.05 Å². The van der Waals surface area contributed by atoms with Crippen LogP contribution in [-0.4, -0.2) is 13.0 Å². The third-order valence-corrected chi connectivity index (χ3v) is 5.69. The predicted molar refractivity (Wildman–Crippen MR) is 87.8 cm³/mol. The van der Waals surface area contributed by atoms with Gasteiger partial charge in [-0.15, -0.1) is 0 Å². The number of nitrogens with zero attached hydrogens (tertiary/aromatic N) is 1. The van der Waals surface area contributed by atoms with Crippen LogP contribution in [0, 0.1) is 5.82 Å². The fourth-order valence-corrected chi connectivity index (χ4v) is 4.56. The first-order valence-electron chi connectivity index (χ1n) is 6.41. The number of anilines is 1. The van der Waals surface area contributed by atoms with Gasteiger partial charge in [-0.3, -0.25) is 4.72 Å². The Morgan fingerprint density at radius 3 is 2.59 bits per heavy atom. The molecule has 0 saturated carbocycles. The van der Waals surface area contributed by atoms with Crippen molar-refractivity contribution in [3.05, 3.63) is 59.0 Å². The molecule has 0 aliphatic rings. The van der Waals surface area contributed by atoms with Crippen LogP contribution in [-0.2, 0) is 17.1 Å². The average molecular weight is 383 g/mol. The van der Waals surface area contributed by atoms with Crippen molar-refractivity contribution in [1.29, 1.82) is 0 Å². The molecule has 0 amide bonds. The van der Waals surface area contributed by atoms with E-state index < -0.39 is 20.7 Å². The molecule has 114 valence electrons. The van der Waals surface area contributed by atoms with Crippen LogP contribution >= 0.6 is 15.9 Å². The number of rotatable bonds is 3. The van der Waals surface area contributed by atoms with E-state index in [9.17, 15) is 12.8 Å². The van der Waals surface area contributed by atoms with E-state index in [1.54, 1.807) is 12.1 Å². The number of nitrogens with one attached hydrogen (secondary N) is 1. The van der Waals surface area contributed by atoms with Crippen molar-refractivity contribution in [2.75, 3.05) is 4.72 Å². The molecule has 1 aromatic heterocycles. The Morgan fingerprint density at radius 1 is 1.14 bits per heavy atom. The van der Waals surface area contributed by atoms with Crippen molar-refractivity contribution in [1.82, 2.24) is 4.57 Å². The molecule has 3 rings (SSSR count). The van der Waals surface area contributed by atoms with Crippen molar-refractivity contribution in [3.8, 4) is 0 Å². The van der Waals surface area contributed by atoms with Crippen LogP contribution in [0.3, 0.4) is 0 Å². The summed E-state index contributed by atoms with van der Waals surface area (Å²) < 4.78 is 43.4. The standard InChI is InChI=1S/C15H12BrFN2O2S/c1-19-9-8-10-4-2-7-13(14(10)19)18-22(20,21)15-11(16)5-3-6-12(15)17/h2-9,18H,1H3. The van der Waals surface area contributed by atoms with Crippen LogP contribution in [0.4, 0.5) is 10.1 Å². The molecule has 4 nitrogen and oxygen atoms in total. The number of hydrogen-bond acceptors (Lipinski definition) is 2. The highest BCUT2D eigenvalue weighted by Crippen LogP contribution is 2.30. The monoisotopic (exact) mass is 382 g/mol. The Labute approximate surface area is 135 Å².